The molecule has 2 saturated heterocycles. The molecule has 0 saturated carbocycles. The van der Waals surface area contributed by atoms with Gasteiger partial charge in [0.05, 0.1) is 0 Å². The number of hydrogen-bond donors (Lipinski definition) is 2. The summed E-state index contributed by atoms with van der Waals surface area (Å²) in [5.41, 5.74) is 2.19. The van der Waals surface area contributed by atoms with Gasteiger partial charge in [0.2, 0.25) is 5.91 Å². The van der Waals surface area contributed by atoms with E-state index in [-0.39, 0.29) is 5.91 Å². The van der Waals surface area contributed by atoms with E-state index in [2.05, 4.69) is 39.6 Å². The molecule has 6 nitrogen and oxygen atoms in total. The van der Waals surface area contributed by atoms with Crippen LogP contribution in [0.1, 0.15) is 38.2 Å². The Kier molecular flexibility index (Phi) is 7.10. The Hall–Kier alpha value is -2.08. The molecule has 2 heterocycles. The first kappa shape index (κ1) is 19.7. The molecule has 6 heteroatoms. The van der Waals surface area contributed by atoms with Crippen molar-refractivity contribution in [3.8, 4) is 0 Å². The topological polar surface area (TPSA) is 60.0 Å². The molecule has 2 N–H and O–H groups in total. The summed E-state index contributed by atoms with van der Waals surface area (Å²) in [6, 6.07) is 8.25. The summed E-state index contributed by atoms with van der Waals surface area (Å²) in [6.07, 6.45) is 4.12. The molecule has 1 unspecified atom stereocenters. The van der Waals surface area contributed by atoms with Gasteiger partial charge in [-0.2, -0.15) is 0 Å². The van der Waals surface area contributed by atoms with Gasteiger partial charge in [-0.1, -0.05) is 19.1 Å². The molecule has 1 atom stereocenters. The number of likely N-dealkylation sites (tertiary alicyclic amines) is 1. The van der Waals surface area contributed by atoms with Crippen molar-refractivity contribution in [3.05, 3.63) is 29.8 Å². The van der Waals surface area contributed by atoms with Crippen LogP contribution in [0.2, 0.25) is 0 Å². The largest absolute Gasteiger partial charge is 0.356 e. The number of benzene rings is 1. The van der Waals surface area contributed by atoms with Gasteiger partial charge in [0, 0.05) is 45.3 Å². The summed E-state index contributed by atoms with van der Waals surface area (Å²) in [7, 11) is 1.81. The predicted molar refractivity (Wildman–Crippen MR) is 111 cm³/mol. The highest BCUT2D eigenvalue weighted by Gasteiger charge is 2.22. The molecule has 1 aromatic rings. The monoisotopic (exact) mass is 371 g/mol. The summed E-state index contributed by atoms with van der Waals surface area (Å²) in [5.74, 6) is 1.78. The minimum Gasteiger partial charge on any atom is -0.356 e. The van der Waals surface area contributed by atoms with Crippen LogP contribution in [0.5, 0.6) is 0 Å². The van der Waals surface area contributed by atoms with Gasteiger partial charge in [-0.25, -0.2) is 0 Å². The van der Waals surface area contributed by atoms with E-state index >= 15 is 0 Å². The van der Waals surface area contributed by atoms with E-state index in [9.17, 15) is 4.79 Å². The smallest absolute Gasteiger partial charge is 0.227 e. The Morgan fingerprint density at radius 1 is 1.22 bits per heavy atom. The zero-order valence-electron chi connectivity index (χ0n) is 16.7. The van der Waals surface area contributed by atoms with Crippen molar-refractivity contribution in [3.63, 3.8) is 0 Å². The predicted octanol–water partition coefficient (Wildman–Crippen LogP) is 2.21. The van der Waals surface area contributed by atoms with Crippen LogP contribution in [0, 0.1) is 5.92 Å². The summed E-state index contributed by atoms with van der Waals surface area (Å²) < 4.78 is 0. The first-order valence-electron chi connectivity index (χ1n) is 10.3. The molecule has 0 aliphatic carbocycles. The number of nitrogens with one attached hydrogen (secondary N) is 2. The van der Waals surface area contributed by atoms with Crippen molar-refractivity contribution in [2.75, 3.05) is 44.7 Å². The van der Waals surface area contributed by atoms with Gasteiger partial charge in [0.15, 0.2) is 5.96 Å². The second-order valence-electron chi connectivity index (χ2n) is 7.58. The van der Waals surface area contributed by atoms with Crippen LogP contribution in [-0.4, -0.2) is 56.5 Å². The average molecular weight is 372 g/mol. The Morgan fingerprint density at radius 3 is 2.70 bits per heavy atom. The molecule has 1 amide bonds. The number of carbonyl (C=O) groups excluding carboxylic acids is 1. The van der Waals surface area contributed by atoms with E-state index in [1.54, 1.807) is 0 Å². The van der Waals surface area contributed by atoms with Crippen molar-refractivity contribution < 1.29 is 4.79 Å². The zero-order chi connectivity index (χ0) is 19.1. The molecule has 0 radical (unpaired) electrons. The molecule has 2 fully saturated rings. The number of aliphatic imine (C=N–C) groups is 1. The molecule has 148 valence electrons. The van der Waals surface area contributed by atoms with Gasteiger partial charge in [0.25, 0.3) is 0 Å². The average Bonchev–Trinajstić information content (AvgIpc) is 3.31. The lowest BCUT2D eigenvalue weighted by Crippen LogP contribution is -2.40. The van der Waals surface area contributed by atoms with Crippen molar-refractivity contribution in [2.45, 2.75) is 39.2 Å². The Balaban J connectivity index is 1.42. The van der Waals surface area contributed by atoms with Crippen LogP contribution in [-0.2, 0) is 11.3 Å². The number of guanidine groups is 1. The van der Waals surface area contributed by atoms with Crippen LogP contribution >= 0.6 is 0 Å². The van der Waals surface area contributed by atoms with Crippen LogP contribution < -0.4 is 15.5 Å². The third-order valence-corrected chi connectivity index (χ3v) is 5.47. The van der Waals surface area contributed by atoms with Gasteiger partial charge < -0.3 is 20.4 Å². The molecule has 3 rings (SSSR count). The SMILES string of the molecule is CCCN1CCC(CNC(=NC)NCc2ccc(N3CCCC3=O)cc2)C1. The van der Waals surface area contributed by atoms with E-state index in [1.165, 1.54) is 38.0 Å². The third-order valence-electron chi connectivity index (χ3n) is 5.47. The van der Waals surface area contributed by atoms with Gasteiger partial charge >= 0.3 is 0 Å². The van der Waals surface area contributed by atoms with Crippen molar-refractivity contribution >= 4 is 17.6 Å². The number of anilines is 1. The lowest BCUT2D eigenvalue weighted by molar-refractivity contribution is -0.117. The number of carbonyl (C=O) groups is 1. The fraction of sp³-hybridized carbons (Fsp3) is 0.619. The van der Waals surface area contributed by atoms with Crippen molar-refractivity contribution in [1.82, 2.24) is 15.5 Å². The summed E-state index contributed by atoms with van der Waals surface area (Å²) in [4.78, 5) is 20.6. The zero-order valence-corrected chi connectivity index (χ0v) is 16.7. The highest BCUT2D eigenvalue weighted by molar-refractivity contribution is 5.95. The van der Waals surface area contributed by atoms with Gasteiger partial charge in [-0.15, -0.1) is 0 Å². The van der Waals surface area contributed by atoms with E-state index < -0.39 is 0 Å². The minimum absolute atomic E-state index is 0.231. The number of rotatable bonds is 7. The Morgan fingerprint density at radius 2 is 2.04 bits per heavy atom. The van der Waals surface area contributed by atoms with Gasteiger partial charge in [-0.3, -0.25) is 9.79 Å². The van der Waals surface area contributed by atoms with Crippen LogP contribution in [0.3, 0.4) is 0 Å². The highest BCUT2D eigenvalue weighted by Crippen LogP contribution is 2.21. The van der Waals surface area contributed by atoms with Crippen LogP contribution in [0.15, 0.2) is 29.3 Å². The molecule has 1 aromatic carbocycles. The first-order chi connectivity index (χ1) is 13.2. The van der Waals surface area contributed by atoms with Crippen molar-refractivity contribution in [1.29, 1.82) is 0 Å². The lowest BCUT2D eigenvalue weighted by Gasteiger charge is -2.18. The maximum atomic E-state index is 11.8. The number of nitrogens with zero attached hydrogens (tertiary/aromatic N) is 3. The quantitative estimate of drug-likeness (QED) is 0.570. The maximum absolute atomic E-state index is 11.8. The van der Waals surface area contributed by atoms with Gasteiger partial charge in [0.1, 0.15) is 0 Å². The normalized spacial score (nSPS) is 21.1. The second kappa shape index (κ2) is 9.74. The van der Waals surface area contributed by atoms with E-state index in [0.717, 1.165) is 37.7 Å². The number of amides is 1. The third kappa shape index (κ3) is 5.45. The molecule has 2 aliphatic rings. The standard InChI is InChI=1S/C21H33N5O/c1-3-11-25-13-10-18(16-25)15-24-21(22-2)23-14-17-6-8-19(9-7-17)26-12-4-5-20(26)27/h6-9,18H,3-5,10-16H2,1-2H3,(H2,22,23,24). The molecule has 27 heavy (non-hydrogen) atoms. The van der Waals surface area contributed by atoms with E-state index in [4.69, 9.17) is 0 Å². The van der Waals surface area contributed by atoms with Gasteiger partial charge in [-0.05, 0) is 56.0 Å². The van der Waals surface area contributed by atoms with Crippen molar-refractivity contribution in [2.24, 2.45) is 10.9 Å². The van der Waals surface area contributed by atoms with Crippen LogP contribution in [0.25, 0.3) is 0 Å². The summed E-state index contributed by atoms with van der Waals surface area (Å²) >= 11 is 0. The van der Waals surface area contributed by atoms with E-state index in [1.807, 2.05) is 24.1 Å². The second-order valence-corrected chi connectivity index (χ2v) is 7.58. The first-order valence-corrected chi connectivity index (χ1v) is 10.3. The minimum atomic E-state index is 0.231. The molecular formula is C21H33N5O. The van der Waals surface area contributed by atoms with Crippen LogP contribution in [0.4, 0.5) is 5.69 Å². The fourth-order valence-electron chi connectivity index (χ4n) is 3.96. The fourth-order valence-corrected chi connectivity index (χ4v) is 3.96. The van der Waals surface area contributed by atoms with E-state index in [0.29, 0.717) is 12.3 Å². The molecule has 0 aromatic heterocycles. The highest BCUT2D eigenvalue weighted by atomic mass is 16.2. The summed E-state index contributed by atoms with van der Waals surface area (Å²) in [5, 5.41) is 6.85. The maximum Gasteiger partial charge on any atom is 0.227 e. The Bertz CT molecular complexity index is 642. The molecule has 0 spiro atoms. The molecule has 2 aliphatic heterocycles. The molecular weight excluding hydrogens is 338 g/mol. The lowest BCUT2D eigenvalue weighted by atomic mass is 10.1. The Labute approximate surface area is 163 Å². The summed E-state index contributed by atoms with van der Waals surface area (Å²) in [6.45, 7) is 8.39. The molecule has 0 bridgehead atoms. The number of hydrogen-bond acceptors (Lipinski definition) is 3.